The van der Waals surface area contributed by atoms with Crippen LogP contribution in [-0.2, 0) is 14.3 Å². The fraction of sp³-hybridized carbons (Fsp3) is 0.905. The van der Waals surface area contributed by atoms with Gasteiger partial charge in [0, 0.05) is 24.3 Å². The predicted octanol–water partition coefficient (Wildman–Crippen LogP) is -0.339. The molecule has 0 spiro atoms. The van der Waals surface area contributed by atoms with Crippen LogP contribution in [0.4, 0.5) is 0 Å². The van der Waals surface area contributed by atoms with Gasteiger partial charge >= 0.3 is 0 Å². The minimum absolute atomic E-state index is 0.0118. The van der Waals surface area contributed by atoms with Crippen molar-refractivity contribution >= 4 is 11.9 Å². The van der Waals surface area contributed by atoms with Gasteiger partial charge in [0.1, 0.15) is 6.04 Å². The number of quaternary nitrogens is 1. The van der Waals surface area contributed by atoms with Crippen molar-refractivity contribution in [3.8, 4) is 0 Å². The first kappa shape index (κ1) is 17.9. The summed E-state index contributed by atoms with van der Waals surface area (Å²) in [6.07, 6.45) is 7.79. The number of nitrogens with two attached hydrogens (primary N) is 1. The van der Waals surface area contributed by atoms with Crippen LogP contribution in [0.2, 0.25) is 0 Å². The molecule has 150 valence electrons. The minimum atomic E-state index is -1.13. The monoisotopic (exact) mass is 376 g/mol. The lowest BCUT2D eigenvalue weighted by molar-refractivity contribution is -0.713. The van der Waals surface area contributed by atoms with Crippen molar-refractivity contribution in [2.75, 3.05) is 6.54 Å². The first-order valence-corrected chi connectivity index (χ1v) is 11.1. The number of hydrogen-bond acceptors (Lipinski definition) is 4. The number of carboxylic acid groups (broad SMARTS) is 1. The standard InChI is InChI=1S/C21H32N2O4/c1-11(21(25)26)27-12-6-7-17-16(10-12)14-8-9-22-18-13-4-2-3-5-15(13)20(24)23(17)19(14)18/h11-19,22H,2-10H2,1H3,(H,25,26). The molecule has 5 rings (SSSR count). The molecule has 2 N–H and O–H groups in total. The number of fused-ring (bicyclic) bond motifs is 5. The molecule has 2 saturated carbocycles. The highest BCUT2D eigenvalue weighted by Crippen LogP contribution is 2.52. The summed E-state index contributed by atoms with van der Waals surface area (Å²) in [7, 11) is 0. The number of rotatable bonds is 3. The average molecular weight is 376 g/mol. The second-order valence-electron chi connectivity index (χ2n) is 9.61. The van der Waals surface area contributed by atoms with Gasteiger partial charge in [0.05, 0.1) is 30.8 Å². The molecule has 9 unspecified atom stereocenters. The summed E-state index contributed by atoms with van der Waals surface area (Å²) in [6, 6.07) is 1.33. The van der Waals surface area contributed by atoms with E-state index in [2.05, 4.69) is 10.2 Å². The summed E-state index contributed by atoms with van der Waals surface area (Å²) in [4.78, 5) is 26.9. The normalized spacial score (nSPS) is 47.0. The van der Waals surface area contributed by atoms with E-state index < -0.39 is 12.1 Å². The molecule has 0 bridgehead atoms. The van der Waals surface area contributed by atoms with Gasteiger partial charge in [-0.3, -0.25) is 4.79 Å². The molecule has 0 aromatic carbocycles. The van der Waals surface area contributed by atoms with Crippen molar-refractivity contribution < 1.29 is 24.7 Å². The fourth-order valence-electron chi connectivity index (χ4n) is 7.44. The van der Waals surface area contributed by atoms with Crippen molar-refractivity contribution in [2.24, 2.45) is 23.7 Å². The van der Waals surface area contributed by atoms with E-state index in [-0.39, 0.29) is 12.0 Å². The van der Waals surface area contributed by atoms with Crippen molar-refractivity contribution in [1.82, 2.24) is 4.90 Å². The SMILES string of the molecule is CC(OC1CCC2C(C1)C1CC[NH2+]C3C4CCCCC4C(=O)N2C13)C(=O)[O-]. The molecule has 3 aliphatic heterocycles. The van der Waals surface area contributed by atoms with E-state index in [1.54, 1.807) is 6.92 Å². The second kappa shape index (κ2) is 6.73. The fourth-order valence-corrected chi connectivity index (χ4v) is 7.44. The maximum absolute atomic E-state index is 13.5. The molecule has 9 atom stereocenters. The molecule has 0 radical (unpaired) electrons. The molecule has 0 aromatic rings. The van der Waals surface area contributed by atoms with Gasteiger partial charge in [-0.1, -0.05) is 12.8 Å². The number of nitrogens with zero attached hydrogens (tertiary/aromatic N) is 1. The Labute approximate surface area is 161 Å². The van der Waals surface area contributed by atoms with Gasteiger partial charge in [-0.15, -0.1) is 0 Å². The first-order valence-electron chi connectivity index (χ1n) is 11.1. The van der Waals surface area contributed by atoms with Crippen LogP contribution in [0.25, 0.3) is 0 Å². The third kappa shape index (κ3) is 2.74. The number of carbonyl (C=O) groups excluding carboxylic acids is 2. The highest BCUT2D eigenvalue weighted by molar-refractivity contribution is 5.82. The van der Waals surface area contributed by atoms with Crippen LogP contribution in [0.3, 0.4) is 0 Å². The first-order chi connectivity index (χ1) is 13.1. The Kier molecular flexibility index (Phi) is 4.47. The number of carbonyl (C=O) groups is 2. The summed E-state index contributed by atoms with van der Waals surface area (Å²) < 4.78 is 5.80. The van der Waals surface area contributed by atoms with E-state index >= 15 is 0 Å². The molecule has 5 aliphatic rings. The summed E-state index contributed by atoms with van der Waals surface area (Å²) in [5, 5.41) is 13.6. The van der Waals surface area contributed by atoms with E-state index in [0.717, 1.165) is 25.7 Å². The van der Waals surface area contributed by atoms with Gasteiger partial charge in [-0.2, -0.15) is 0 Å². The van der Waals surface area contributed by atoms with E-state index in [9.17, 15) is 14.7 Å². The highest BCUT2D eigenvalue weighted by atomic mass is 16.5. The lowest BCUT2D eigenvalue weighted by Crippen LogP contribution is -2.98. The Morgan fingerprint density at radius 2 is 1.96 bits per heavy atom. The van der Waals surface area contributed by atoms with E-state index in [1.165, 1.54) is 32.2 Å². The molecule has 1 amide bonds. The maximum Gasteiger partial charge on any atom is 0.226 e. The zero-order valence-corrected chi connectivity index (χ0v) is 16.2. The third-order valence-corrected chi connectivity index (χ3v) is 8.43. The number of amides is 1. The van der Waals surface area contributed by atoms with E-state index in [4.69, 9.17) is 4.74 Å². The van der Waals surface area contributed by atoms with Crippen molar-refractivity contribution in [1.29, 1.82) is 0 Å². The third-order valence-electron chi connectivity index (χ3n) is 8.43. The quantitative estimate of drug-likeness (QED) is 0.730. The molecular formula is C21H32N2O4. The van der Waals surface area contributed by atoms with Crippen LogP contribution in [0.15, 0.2) is 0 Å². The van der Waals surface area contributed by atoms with Gasteiger partial charge < -0.3 is 24.9 Å². The molecular weight excluding hydrogens is 344 g/mol. The number of piperidine rings is 2. The number of hydrogen-bond donors (Lipinski definition) is 1. The van der Waals surface area contributed by atoms with Gasteiger partial charge in [-0.05, 0) is 50.9 Å². The van der Waals surface area contributed by atoms with Crippen LogP contribution in [0.5, 0.6) is 0 Å². The molecule has 3 saturated heterocycles. The Hall–Kier alpha value is -1.14. The van der Waals surface area contributed by atoms with Crippen LogP contribution in [-0.4, -0.2) is 53.7 Å². The molecule has 6 nitrogen and oxygen atoms in total. The highest BCUT2D eigenvalue weighted by Gasteiger charge is 2.63. The van der Waals surface area contributed by atoms with E-state index in [0.29, 0.717) is 41.8 Å². The second-order valence-corrected chi connectivity index (χ2v) is 9.61. The smallest absolute Gasteiger partial charge is 0.226 e. The topological polar surface area (TPSA) is 86.3 Å². The Bertz CT molecular complexity index is 625. The Morgan fingerprint density at radius 3 is 2.78 bits per heavy atom. The largest absolute Gasteiger partial charge is 0.547 e. The number of aliphatic carboxylic acids is 1. The van der Waals surface area contributed by atoms with Crippen molar-refractivity contribution in [3.05, 3.63) is 0 Å². The average Bonchev–Trinajstić information content (AvgIpc) is 3.01. The molecule has 27 heavy (non-hydrogen) atoms. The predicted molar refractivity (Wildman–Crippen MR) is 95.2 cm³/mol. The van der Waals surface area contributed by atoms with E-state index in [1.807, 2.05) is 0 Å². The number of ether oxygens (including phenoxy) is 1. The lowest BCUT2D eigenvalue weighted by atomic mass is 9.66. The van der Waals surface area contributed by atoms with Crippen LogP contribution in [0, 0.1) is 23.7 Å². The van der Waals surface area contributed by atoms with Crippen LogP contribution in [0.1, 0.15) is 58.3 Å². The lowest BCUT2D eigenvalue weighted by Gasteiger charge is -2.50. The zero-order chi connectivity index (χ0) is 18.7. The minimum Gasteiger partial charge on any atom is -0.547 e. The number of carboxylic acids is 1. The summed E-state index contributed by atoms with van der Waals surface area (Å²) >= 11 is 0. The van der Waals surface area contributed by atoms with Crippen molar-refractivity contribution in [3.63, 3.8) is 0 Å². The van der Waals surface area contributed by atoms with Gasteiger partial charge in [0.2, 0.25) is 5.91 Å². The summed E-state index contributed by atoms with van der Waals surface area (Å²) in [6.45, 7) is 2.74. The maximum atomic E-state index is 13.5. The molecule has 2 aliphatic carbocycles. The van der Waals surface area contributed by atoms with Crippen LogP contribution >= 0.6 is 0 Å². The van der Waals surface area contributed by atoms with Crippen molar-refractivity contribution in [2.45, 2.75) is 88.6 Å². The summed E-state index contributed by atoms with van der Waals surface area (Å²) in [5.74, 6) is 1.18. The summed E-state index contributed by atoms with van der Waals surface area (Å²) in [5.41, 5.74) is 0. The molecule has 5 fully saturated rings. The molecule has 3 heterocycles. The van der Waals surface area contributed by atoms with Crippen LogP contribution < -0.4 is 10.4 Å². The van der Waals surface area contributed by atoms with Gasteiger partial charge in [-0.25, -0.2) is 0 Å². The Morgan fingerprint density at radius 1 is 1.15 bits per heavy atom. The molecule has 6 heteroatoms. The van der Waals surface area contributed by atoms with Gasteiger partial charge in [0.15, 0.2) is 0 Å². The molecule has 0 aromatic heterocycles. The Balaban J connectivity index is 1.40. The van der Waals surface area contributed by atoms with Gasteiger partial charge in [0.25, 0.3) is 0 Å². The zero-order valence-electron chi connectivity index (χ0n) is 16.2.